The molecule has 21 heavy (non-hydrogen) atoms. The molecule has 0 aliphatic heterocycles. The Hall–Kier alpha value is -1.71. The van der Waals surface area contributed by atoms with E-state index >= 15 is 0 Å². The fourth-order valence-corrected chi connectivity index (χ4v) is 2.55. The van der Waals surface area contributed by atoms with E-state index in [1.54, 1.807) is 14.2 Å². The molecule has 0 bridgehead atoms. The molecular formula is C17H20ClNO2. The molecule has 0 amide bonds. The average molecular weight is 306 g/mol. The molecule has 3 nitrogen and oxygen atoms in total. The predicted octanol–water partition coefficient (Wildman–Crippen LogP) is 3.77. The predicted molar refractivity (Wildman–Crippen MR) is 86.2 cm³/mol. The lowest BCUT2D eigenvalue weighted by Gasteiger charge is -2.26. The van der Waals surface area contributed by atoms with Gasteiger partial charge in [-0.3, -0.25) is 0 Å². The van der Waals surface area contributed by atoms with Crippen LogP contribution in [0.2, 0.25) is 5.02 Å². The second kappa shape index (κ2) is 6.37. The van der Waals surface area contributed by atoms with E-state index in [-0.39, 0.29) is 0 Å². The second-order valence-corrected chi connectivity index (χ2v) is 5.73. The molecule has 4 heteroatoms. The van der Waals surface area contributed by atoms with E-state index in [0.29, 0.717) is 22.9 Å². The van der Waals surface area contributed by atoms with Crippen LogP contribution in [0, 0.1) is 0 Å². The molecule has 0 spiro atoms. The van der Waals surface area contributed by atoms with E-state index in [1.807, 2.05) is 49.4 Å². The first-order valence-corrected chi connectivity index (χ1v) is 7.10. The van der Waals surface area contributed by atoms with Crippen molar-refractivity contribution in [2.24, 2.45) is 5.73 Å². The van der Waals surface area contributed by atoms with Crippen LogP contribution in [-0.2, 0) is 12.0 Å². The van der Waals surface area contributed by atoms with Crippen molar-refractivity contribution in [2.75, 3.05) is 14.2 Å². The van der Waals surface area contributed by atoms with E-state index in [2.05, 4.69) is 0 Å². The van der Waals surface area contributed by atoms with Crippen LogP contribution in [0.25, 0.3) is 0 Å². The van der Waals surface area contributed by atoms with Gasteiger partial charge < -0.3 is 15.2 Å². The number of ether oxygens (including phenoxy) is 2. The van der Waals surface area contributed by atoms with Gasteiger partial charge in [0.2, 0.25) is 0 Å². The van der Waals surface area contributed by atoms with Crippen molar-refractivity contribution in [2.45, 2.75) is 18.9 Å². The summed E-state index contributed by atoms with van der Waals surface area (Å²) in [6.45, 7) is 2.00. The van der Waals surface area contributed by atoms with Crippen LogP contribution in [0.5, 0.6) is 11.5 Å². The lowest BCUT2D eigenvalue weighted by molar-refractivity contribution is 0.354. The Balaban J connectivity index is 2.28. The molecule has 0 aromatic heterocycles. The fourth-order valence-electron chi connectivity index (χ4n) is 2.36. The van der Waals surface area contributed by atoms with Crippen molar-refractivity contribution < 1.29 is 9.47 Å². The molecule has 2 aromatic rings. The Bertz CT molecular complexity index is 626. The molecule has 0 fully saturated rings. The molecule has 0 saturated heterocycles. The summed E-state index contributed by atoms with van der Waals surface area (Å²) in [5, 5.41) is 0.691. The average Bonchev–Trinajstić information content (AvgIpc) is 2.46. The molecule has 0 aliphatic carbocycles. The summed E-state index contributed by atoms with van der Waals surface area (Å²) >= 11 is 6.05. The molecule has 1 unspecified atom stereocenters. The van der Waals surface area contributed by atoms with Gasteiger partial charge in [-0.2, -0.15) is 0 Å². The van der Waals surface area contributed by atoms with Gasteiger partial charge >= 0.3 is 0 Å². The molecule has 2 N–H and O–H groups in total. The van der Waals surface area contributed by atoms with Crippen LogP contribution in [0.15, 0.2) is 42.5 Å². The molecule has 1 atom stereocenters. The van der Waals surface area contributed by atoms with E-state index < -0.39 is 5.54 Å². The topological polar surface area (TPSA) is 44.5 Å². The standard InChI is InChI=1S/C17H20ClNO2/c1-17(19,13-5-4-6-14(18)10-13)11-12-7-8-15(20-2)16(9-12)21-3/h4-10H,11,19H2,1-3H3. The smallest absolute Gasteiger partial charge is 0.160 e. The van der Waals surface area contributed by atoms with Gasteiger partial charge in [0.15, 0.2) is 11.5 Å². The van der Waals surface area contributed by atoms with Crippen molar-refractivity contribution in [1.29, 1.82) is 0 Å². The Kier molecular flexibility index (Phi) is 4.76. The number of methoxy groups -OCH3 is 2. The van der Waals surface area contributed by atoms with Crippen molar-refractivity contribution in [3.8, 4) is 11.5 Å². The first kappa shape index (κ1) is 15.7. The Morgan fingerprint density at radius 3 is 2.38 bits per heavy atom. The van der Waals surface area contributed by atoms with Crippen LogP contribution in [0.1, 0.15) is 18.1 Å². The Morgan fingerprint density at radius 2 is 1.76 bits per heavy atom. The number of nitrogens with two attached hydrogens (primary N) is 1. The maximum Gasteiger partial charge on any atom is 0.160 e. The van der Waals surface area contributed by atoms with Gasteiger partial charge in [0.25, 0.3) is 0 Å². The zero-order valence-electron chi connectivity index (χ0n) is 12.5. The van der Waals surface area contributed by atoms with Gasteiger partial charge in [-0.1, -0.05) is 29.8 Å². The molecular weight excluding hydrogens is 286 g/mol. The Morgan fingerprint density at radius 1 is 1.05 bits per heavy atom. The van der Waals surface area contributed by atoms with E-state index in [9.17, 15) is 0 Å². The third-order valence-corrected chi connectivity index (χ3v) is 3.74. The molecule has 2 rings (SSSR count). The monoisotopic (exact) mass is 305 g/mol. The lowest BCUT2D eigenvalue weighted by atomic mass is 9.86. The van der Waals surface area contributed by atoms with Gasteiger partial charge in [0, 0.05) is 10.6 Å². The highest BCUT2D eigenvalue weighted by atomic mass is 35.5. The molecule has 0 saturated carbocycles. The second-order valence-electron chi connectivity index (χ2n) is 5.29. The zero-order chi connectivity index (χ0) is 15.5. The summed E-state index contributed by atoms with van der Waals surface area (Å²) in [5.74, 6) is 1.42. The number of benzene rings is 2. The maximum absolute atomic E-state index is 6.47. The van der Waals surface area contributed by atoms with Crippen LogP contribution >= 0.6 is 11.6 Å². The summed E-state index contributed by atoms with van der Waals surface area (Å²) in [6.07, 6.45) is 0.674. The minimum absolute atomic E-state index is 0.509. The first-order chi connectivity index (χ1) is 9.96. The van der Waals surface area contributed by atoms with Crippen LogP contribution in [0.3, 0.4) is 0 Å². The molecule has 2 aromatic carbocycles. The highest BCUT2D eigenvalue weighted by molar-refractivity contribution is 6.30. The van der Waals surface area contributed by atoms with Gasteiger partial charge in [-0.05, 0) is 48.7 Å². The summed E-state index contributed by atoms with van der Waals surface area (Å²) in [4.78, 5) is 0. The minimum Gasteiger partial charge on any atom is -0.493 e. The summed E-state index contributed by atoms with van der Waals surface area (Å²) < 4.78 is 10.6. The van der Waals surface area contributed by atoms with Crippen molar-refractivity contribution in [1.82, 2.24) is 0 Å². The third-order valence-electron chi connectivity index (χ3n) is 3.50. The number of halogens is 1. The van der Waals surface area contributed by atoms with Crippen LogP contribution in [-0.4, -0.2) is 14.2 Å². The van der Waals surface area contributed by atoms with E-state index in [0.717, 1.165) is 11.1 Å². The quantitative estimate of drug-likeness (QED) is 0.914. The molecule has 0 heterocycles. The summed E-state index contributed by atoms with van der Waals surface area (Å²) in [6, 6.07) is 13.5. The lowest BCUT2D eigenvalue weighted by Crippen LogP contribution is -2.35. The summed E-state index contributed by atoms with van der Waals surface area (Å²) in [7, 11) is 3.25. The highest BCUT2D eigenvalue weighted by Gasteiger charge is 2.22. The van der Waals surface area contributed by atoms with Gasteiger partial charge in [-0.25, -0.2) is 0 Å². The fraction of sp³-hybridized carbons (Fsp3) is 0.294. The van der Waals surface area contributed by atoms with Crippen LogP contribution in [0.4, 0.5) is 0 Å². The molecule has 112 valence electrons. The van der Waals surface area contributed by atoms with Crippen molar-refractivity contribution >= 4 is 11.6 Å². The molecule has 0 radical (unpaired) electrons. The summed E-state index contributed by atoms with van der Waals surface area (Å²) in [5.41, 5.74) is 8.05. The maximum atomic E-state index is 6.47. The first-order valence-electron chi connectivity index (χ1n) is 6.72. The van der Waals surface area contributed by atoms with Crippen molar-refractivity contribution in [3.05, 3.63) is 58.6 Å². The normalized spacial score (nSPS) is 13.6. The Labute approximate surface area is 130 Å². The number of rotatable bonds is 5. The SMILES string of the molecule is COc1ccc(CC(C)(N)c2cccc(Cl)c2)cc1OC. The number of hydrogen-bond donors (Lipinski definition) is 1. The number of hydrogen-bond acceptors (Lipinski definition) is 3. The third kappa shape index (κ3) is 3.69. The van der Waals surface area contributed by atoms with E-state index in [1.165, 1.54) is 0 Å². The van der Waals surface area contributed by atoms with Crippen molar-refractivity contribution in [3.63, 3.8) is 0 Å². The van der Waals surface area contributed by atoms with Gasteiger partial charge in [0.05, 0.1) is 14.2 Å². The van der Waals surface area contributed by atoms with Gasteiger partial charge in [-0.15, -0.1) is 0 Å². The highest BCUT2D eigenvalue weighted by Crippen LogP contribution is 2.31. The zero-order valence-corrected chi connectivity index (χ0v) is 13.3. The van der Waals surface area contributed by atoms with Gasteiger partial charge in [0.1, 0.15) is 0 Å². The minimum atomic E-state index is -0.509. The molecule has 0 aliphatic rings. The van der Waals surface area contributed by atoms with Crippen LogP contribution < -0.4 is 15.2 Å². The largest absolute Gasteiger partial charge is 0.493 e. The van der Waals surface area contributed by atoms with E-state index in [4.69, 9.17) is 26.8 Å².